The zero-order valence-corrected chi connectivity index (χ0v) is 21.7. The molecule has 6 heteroatoms. The molecule has 6 nitrogen and oxygen atoms in total. The molecule has 1 atom stereocenters. The number of fused-ring (bicyclic) bond motifs is 1. The number of aromatic nitrogens is 1. The highest BCUT2D eigenvalue weighted by atomic mass is 16.3. The Morgan fingerprint density at radius 2 is 1.61 bits per heavy atom. The van der Waals surface area contributed by atoms with E-state index in [-0.39, 0.29) is 17.2 Å². The average Bonchev–Trinajstić information content (AvgIpc) is 3.25. The van der Waals surface area contributed by atoms with E-state index in [1.54, 1.807) is 23.4 Å². The van der Waals surface area contributed by atoms with Crippen molar-refractivity contribution in [3.63, 3.8) is 0 Å². The molecule has 0 fully saturated rings. The molecule has 2 heterocycles. The first kappa shape index (κ1) is 25.2. The first-order valence-electron chi connectivity index (χ1n) is 12.1. The number of nitrogens with one attached hydrogen (secondary N) is 1. The van der Waals surface area contributed by atoms with Gasteiger partial charge >= 0.3 is 0 Å². The van der Waals surface area contributed by atoms with Crippen LogP contribution in [-0.4, -0.2) is 22.3 Å². The van der Waals surface area contributed by atoms with E-state index >= 15 is 0 Å². The number of rotatable bonds is 5. The smallest absolute Gasteiger partial charge is 0.263 e. The molecule has 186 valence electrons. The minimum atomic E-state index is -0.945. The third-order valence-corrected chi connectivity index (χ3v) is 5.95. The summed E-state index contributed by atoms with van der Waals surface area (Å²) >= 11 is 0. The van der Waals surface area contributed by atoms with E-state index in [4.69, 9.17) is 4.42 Å². The van der Waals surface area contributed by atoms with Crippen LogP contribution in [0.25, 0.3) is 11.0 Å². The molecule has 0 bridgehead atoms. The third kappa shape index (κ3) is 5.33. The molecule has 0 spiro atoms. The molecule has 0 saturated carbocycles. The van der Waals surface area contributed by atoms with Gasteiger partial charge in [-0.15, -0.1) is 0 Å². The predicted molar refractivity (Wildman–Crippen MR) is 143 cm³/mol. The van der Waals surface area contributed by atoms with E-state index in [0.29, 0.717) is 27.8 Å². The van der Waals surface area contributed by atoms with Gasteiger partial charge in [-0.05, 0) is 56.0 Å². The van der Waals surface area contributed by atoms with Crippen molar-refractivity contribution < 1.29 is 14.0 Å². The van der Waals surface area contributed by atoms with Gasteiger partial charge in [0.1, 0.15) is 17.9 Å². The van der Waals surface area contributed by atoms with E-state index < -0.39 is 11.6 Å². The summed E-state index contributed by atoms with van der Waals surface area (Å²) in [5.74, 6) is -0.627. The van der Waals surface area contributed by atoms with Gasteiger partial charge in [0.05, 0.1) is 5.56 Å². The summed E-state index contributed by atoms with van der Waals surface area (Å²) < 4.78 is 5.69. The number of hydrogen-bond acceptors (Lipinski definition) is 4. The number of carbonyl (C=O) groups is 2. The molecule has 4 aromatic rings. The van der Waals surface area contributed by atoms with Crippen LogP contribution in [0.1, 0.15) is 69.1 Å². The van der Waals surface area contributed by atoms with E-state index in [1.165, 1.54) is 6.26 Å². The van der Waals surface area contributed by atoms with Crippen molar-refractivity contribution in [2.45, 2.75) is 58.5 Å². The van der Waals surface area contributed by atoms with Crippen LogP contribution >= 0.6 is 0 Å². The van der Waals surface area contributed by atoms with Crippen LogP contribution in [-0.2, 0) is 10.2 Å². The predicted octanol–water partition coefficient (Wildman–Crippen LogP) is 6.43. The zero-order valence-electron chi connectivity index (χ0n) is 21.7. The minimum absolute atomic E-state index is 0.0551. The van der Waals surface area contributed by atoms with Crippen LogP contribution in [0.4, 0.5) is 5.69 Å². The Kier molecular flexibility index (Phi) is 6.72. The number of nitrogens with zero attached hydrogens (tertiary/aromatic N) is 2. The molecule has 0 saturated heterocycles. The number of amides is 2. The maximum atomic E-state index is 14.3. The second-order valence-electron chi connectivity index (χ2n) is 11.0. The third-order valence-electron chi connectivity index (χ3n) is 5.95. The summed E-state index contributed by atoms with van der Waals surface area (Å²) in [6, 6.07) is 17.8. The molecule has 0 radical (unpaired) electrons. The highest BCUT2D eigenvalue weighted by molar-refractivity contribution is 6.15. The van der Waals surface area contributed by atoms with Gasteiger partial charge in [-0.2, -0.15) is 0 Å². The van der Waals surface area contributed by atoms with Crippen molar-refractivity contribution in [1.29, 1.82) is 0 Å². The van der Waals surface area contributed by atoms with E-state index in [1.807, 2.05) is 75.4 Å². The largest absolute Gasteiger partial charge is 0.463 e. The van der Waals surface area contributed by atoms with Gasteiger partial charge in [-0.25, -0.2) is 0 Å². The van der Waals surface area contributed by atoms with Gasteiger partial charge in [-0.1, -0.05) is 57.2 Å². The lowest BCUT2D eigenvalue weighted by Gasteiger charge is -2.34. The Labute approximate surface area is 212 Å². The zero-order chi connectivity index (χ0) is 26.1. The lowest BCUT2D eigenvalue weighted by molar-refractivity contribution is -0.123. The van der Waals surface area contributed by atoms with Crippen molar-refractivity contribution in [3.05, 3.63) is 96.0 Å². The second-order valence-corrected chi connectivity index (χ2v) is 11.0. The number of para-hydroxylation sites is 1. The summed E-state index contributed by atoms with van der Waals surface area (Å²) in [6.07, 6.45) is 4.74. The Morgan fingerprint density at radius 3 is 2.22 bits per heavy atom. The molecule has 0 aliphatic rings. The van der Waals surface area contributed by atoms with Crippen molar-refractivity contribution in [3.8, 4) is 0 Å². The first-order chi connectivity index (χ1) is 17.0. The molecular formula is C30H33N3O3. The Balaban J connectivity index is 1.90. The maximum absolute atomic E-state index is 14.3. The molecule has 1 unspecified atom stereocenters. The second kappa shape index (κ2) is 9.61. The average molecular weight is 484 g/mol. The van der Waals surface area contributed by atoms with Gasteiger partial charge in [0, 0.05) is 34.6 Å². The molecule has 4 rings (SSSR count). The highest BCUT2D eigenvalue weighted by Gasteiger charge is 2.36. The molecule has 0 aliphatic heterocycles. The fourth-order valence-corrected chi connectivity index (χ4v) is 4.17. The van der Waals surface area contributed by atoms with E-state index in [2.05, 4.69) is 31.1 Å². The normalized spacial score (nSPS) is 12.8. The Morgan fingerprint density at radius 1 is 0.917 bits per heavy atom. The molecule has 36 heavy (non-hydrogen) atoms. The number of anilines is 1. The quantitative estimate of drug-likeness (QED) is 0.355. The Bertz CT molecular complexity index is 1360. The van der Waals surface area contributed by atoms with Gasteiger partial charge in [0.15, 0.2) is 0 Å². The fourth-order valence-electron chi connectivity index (χ4n) is 4.17. The van der Waals surface area contributed by atoms with E-state index in [0.717, 1.165) is 5.56 Å². The first-order valence-corrected chi connectivity index (χ1v) is 12.1. The summed E-state index contributed by atoms with van der Waals surface area (Å²) in [7, 11) is 0. The van der Waals surface area contributed by atoms with Crippen molar-refractivity contribution in [1.82, 2.24) is 10.3 Å². The Hall–Kier alpha value is -3.93. The van der Waals surface area contributed by atoms with Crippen molar-refractivity contribution in [2.75, 3.05) is 4.90 Å². The van der Waals surface area contributed by atoms with Crippen LogP contribution in [0.5, 0.6) is 0 Å². The van der Waals surface area contributed by atoms with Crippen LogP contribution in [0.15, 0.2) is 83.7 Å². The summed E-state index contributed by atoms with van der Waals surface area (Å²) in [4.78, 5) is 33.8. The standard InChI is InChI=1S/C30H33N3O3/c1-29(2,3)21-13-15-22(16-14-21)33(28(35)24-19-36-25-12-8-7-11-23(24)25)26(20-10-9-17-31-18-20)27(34)32-30(4,5)6/h7-19,26H,1-6H3,(H,32,34). The topological polar surface area (TPSA) is 75.4 Å². The summed E-state index contributed by atoms with van der Waals surface area (Å²) in [5.41, 5.74) is 2.80. The van der Waals surface area contributed by atoms with Crippen LogP contribution < -0.4 is 10.2 Å². The molecule has 2 aromatic carbocycles. The van der Waals surface area contributed by atoms with Crippen molar-refractivity contribution >= 4 is 28.5 Å². The van der Waals surface area contributed by atoms with Gasteiger partial charge in [0.2, 0.25) is 5.91 Å². The number of pyridine rings is 1. The molecule has 2 aromatic heterocycles. The number of carbonyl (C=O) groups excluding carboxylic acids is 2. The van der Waals surface area contributed by atoms with Gasteiger partial charge < -0.3 is 9.73 Å². The minimum Gasteiger partial charge on any atom is -0.463 e. The molecular weight excluding hydrogens is 450 g/mol. The number of benzene rings is 2. The van der Waals surface area contributed by atoms with Gasteiger partial charge in [-0.3, -0.25) is 19.5 Å². The fraction of sp³-hybridized carbons (Fsp3) is 0.300. The van der Waals surface area contributed by atoms with Crippen molar-refractivity contribution in [2.24, 2.45) is 0 Å². The molecule has 2 amide bonds. The van der Waals surface area contributed by atoms with Crippen LogP contribution in [0, 0.1) is 0 Å². The molecule has 0 aliphatic carbocycles. The highest BCUT2D eigenvalue weighted by Crippen LogP contribution is 2.34. The number of hydrogen-bond donors (Lipinski definition) is 1. The van der Waals surface area contributed by atoms with Crippen LogP contribution in [0.2, 0.25) is 0 Å². The van der Waals surface area contributed by atoms with Crippen LogP contribution in [0.3, 0.4) is 0 Å². The SMILES string of the molecule is CC(C)(C)NC(=O)C(c1cccnc1)N(C(=O)c1coc2ccccc12)c1ccc(C(C)(C)C)cc1. The number of furan rings is 1. The molecule has 1 N–H and O–H groups in total. The summed E-state index contributed by atoms with van der Waals surface area (Å²) in [5, 5.41) is 3.75. The monoisotopic (exact) mass is 483 g/mol. The van der Waals surface area contributed by atoms with E-state index in [9.17, 15) is 9.59 Å². The van der Waals surface area contributed by atoms with Gasteiger partial charge in [0.25, 0.3) is 5.91 Å². The maximum Gasteiger partial charge on any atom is 0.263 e. The summed E-state index contributed by atoms with van der Waals surface area (Å²) in [6.45, 7) is 12.2. The lowest BCUT2D eigenvalue weighted by atomic mass is 9.87. The lowest BCUT2D eigenvalue weighted by Crippen LogP contribution is -2.49.